The summed E-state index contributed by atoms with van der Waals surface area (Å²) in [4.78, 5) is 12.1. The number of hydrogen-bond donors (Lipinski definition) is 2. The van der Waals surface area contributed by atoms with Crippen LogP contribution in [0.2, 0.25) is 0 Å². The van der Waals surface area contributed by atoms with E-state index in [0.29, 0.717) is 19.2 Å². The quantitative estimate of drug-likeness (QED) is 0.717. The largest absolute Gasteiger partial charge is 0.463 e. The van der Waals surface area contributed by atoms with Gasteiger partial charge in [-0.25, -0.2) is 0 Å². The average molecular weight is 255 g/mol. The highest BCUT2D eigenvalue weighted by Gasteiger charge is 2.10. The summed E-state index contributed by atoms with van der Waals surface area (Å²) in [7, 11) is 1.65. The van der Waals surface area contributed by atoms with Gasteiger partial charge in [0.1, 0.15) is 0 Å². The zero-order valence-corrected chi connectivity index (χ0v) is 11.1. The molecule has 0 aliphatic rings. The fourth-order valence-corrected chi connectivity index (χ4v) is 1.34. The number of nitrogens with zero attached hydrogens (tertiary/aromatic N) is 3. The van der Waals surface area contributed by atoms with Gasteiger partial charge in [-0.3, -0.25) is 0 Å². The summed E-state index contributed by atoms with van der Waals surface area (Å²) in [6, 6.07) is 0.384. The first-order valence-corrected chi connectivity index (χ1v) is 6.09. The van der Waals surface area contributed by atoms with Gasteiger partial charge < -0.3 is 20.5 Å². The molecule has 1 unspecified atom stereocenters. The van der Waals surface area contributed by atoms with Crippen LogP contribution in [0, 0.1) is 0 Å². The van der Waals surface area contributed by atoms with Crippen LogP contribution in [0.4, 0.5) is 11.9 Å². The van der Waals surface area contributed by atoms with Crippen LogP contribution >= 0.6 is 0 Å². The maximum Gasteiger partial charge on any atom is 0.323 e. The third-order valence-electron chi connectivity index (χ3n) is 2.26. The highest BCUT2D eigenvalue weighted by molar-refractivity contribution is 5.33. The fraction of sp³-hybridized carbons (Fsp3) is 0.727. The van der Waals surface area contributed by atoms with Crippen LogP contribution in [-0.2, 0) is 4.74 Å². The summed E-state index contributed by atoms with van der Waals surface area (Å²) >= 11 is 0. The molecule has 0 radical (unpaired) electrons. The molecule has 1 aromatic heterocycles. The normalized spacial score (nSPS) is 12.2. The van der Waals surface area contributed by atoms with Crippen molar-refractivity contribution in [1.82, 2.24) is 15.0 Å². The van der Waals surface area contributed by atoms with E-state index >= 15 is 0 Å². The van der Waals surface area contributed by atoms with E-state index in [9.17, 15) is 0 Å². The highest BCUT2D eigenvalue weighted by atomic mass is 16.5. The van der Waals surface area contributed by atoms with Crippen LogP contribution in [0.15, 0.2) is 0 Å². The van der Waals surface area contributed by atoms with Crippen molar-refractivity contribution in [2.24, 2.45) is 0 Å². The van der Waals surface area contributed by atoms with Crippen molar-refractivity contribution in [3.8, 4) is 6.01 Å². The Bertz CT molecular complexity index is 361. The Labute approximate surface area is 107 Å². The van der Waals surface area contributed by atoms with E-state index in [0.717, 1.165) is 12.8 Å². The predicted molar refractivity (Wildman–Crippen MR) is 69.6 cm³/mol. The molecule has 0 aromatic carbocycles. The van der Waals surface area contributed by atoms with Gasteiger partial charge >= 0.3 is 6.01 Å². The fourth-order valence-electron chi connectivity index (χ4n) is 1.34. The SMILES string of the molecule is CCCOc1nc(N)nc(NC(CC)COC)n1. The Balaban J connectivity index is 2.71. The minimum atomic E-state index is 0.135. The van der Waals surface area contributed by atoms with Crippen molar-refractivity contribution in [1.29, 1.82) is 0 Å². The number of nitrogens with one attached hydrogen (secondary N) is 1. The number of anilines is 2. The van der Waals surface area contributed by atoms with Gasteiger partial charge in [-0.15, -0.1) is 0 Å². The number of nitrogens with two attached hydrogens (primary N) is 1. The lowest BCUT2D eigenvalue weighted by molar-refractivity contribution is 0.184. The highest BCUT2D eigenvalue weighted by Crippen LogP contribution is 2.11. The van der Waals surface area contributed by atoms with E-state index in [1.54, 1.807) is 7.11 Å². The van der Waals surface area contributed by atoms with Gasteiger partial charge in [0, 0.05) is 7.11 Å². The minimum Gasteiger partial charge on any atom is -0.463 e. The van der Waals surface area contributed by atoms with Gasteiger partial charge in [0.05, 0.1) is 19.3 Å². The topological polar surface area (TPSA) is 95.2 Å². The zero-order valence-electron chi connectivity index (χ0n) is 11.1. The van der Waals surface area contributed by atoms with Crippen molar-refractivity contribution < 1.29 is 9.47 Å². The number of hydrogen-bond acceptors (Lipinski definition) is 7. The van der Waals surface area contributed by atoms with Crippen molar-refractivity contribution in [2.45, 2.75) is 32.7 Å². The van der Waals surface area contributed by atoms with Crippen molar-refractivity contribution in [2.75, 3.05) is 31.4 Å². The van der Waals surface area contributed by atoms with Gasteiger partial charge in [0.25, 0.3) is 0 Å². The number of nitrogen functional groups attached to an aromatic ring is 1. The first kappa shape index (κ1) is 14.4. The maximum absolute atomic E-state index is 5.61. The molecule has 1 heterocycles. The Morgan fingerprint density at radius 1 is 1.28 bits per heavy atom. The number of ether oxygens (including phenoxy) is 2. The standard InChI is InChI=1S/C11H21N5O2/c1-4-6-18-11-15-9(12)14-10(16-11)13-8(5-2)7-17-3/h8H,4-7H2,1-3H3,(H3,12,13,14,15,16). The van der Waals surface area contributed by atoms with Gasteiger partial charge in [-0.1, -0.05) is 13.8 Å². The Morgan fingerprint density at radius 2 is 2.06 bits per heavy atom. The Morgan fingerprint density at radius 3 is 2.67 bits per heavy atom. The Hall–Kier alpha value is -1.63. The molecule has 0 spiro atoms. The first-order valence-electron chi connectivity index (χ1n) is 6.09. The molecule has 1 rings (SSSR count). The third kappa shape index (κ3) is 4.70. The summed E-state index contributed by atoms with van der Waals surface area (Å²) < 4.78 is 10.4. The molecule has 102 valence electrons. The second-order valence-electron chi connectivity index (χ2n) is 3.85. The van der Waals surface area contributed by atoms with Gasteiger partial charge in [-0.05, 0) is 12.8 Å². The second kappa shape index (κ2) is 7.65. The molecule has 0 aliphatic carbocycles. The van der Waals surface area contributed by atoms with E-state index in [1.165, 1.54) is 0 Å². The van der Waals surface area contributed by atoms with E-state index in [1.807, 2.05) is 6.92 Å². The zero-order chi connectivity index (χ0) is 13.4. The van der Waals surface area contributed by atoms with E-state index < -0.39 is 0 Å². The van der Waals surface area contributed by atoms with Crippen LogP contribution in [0.1, 0.15) is 26.7 Å². The van der Waals surface area contributed by atoms with E-state index in [-0.39, 0.29) is 18.0 Å². The van der Waals surface area contributed by atoms with Crippen molar-refractivity contribution in [3.63, 3.8) is 0 Å². The molecule has 0 bridgehead atoms. The van der Waals surface area contributed by atoms with Gasteiger partial charge in [0.15, 0.2) is 0 Å². The smallest absolute Gasteiger partial charge is 0.323 e. The molecule has 0 saturated heterocycles. The van der Waals surface area contributed by atoms with Crippen LogP contribution in [0.3, 0.4) is 0 Å². The van der Waals surface area contributed by atoms with Crippen molar-refractivity contribution >= 4 is 11.9 Å². The van der Waals surface area contributed by atoms with Gasteiger partial charge in [0.2, 0.25) is 11.9 Å². The summed E-state index contributed by atoms with van der Waals surface area (Å²) in [6.45, 7) is 5.19. The molecule has 3 N–H and O–H groups in total. The van der Waals surface area contributed by atoms with Gasteiger partial charge in [-0.2, -0.15) is 15.0 Å². The third-order valence-corrected chi connectivity index (χ3v) is 2.26. The molecule has 0 amide bonds. The first-order chi connectivity index (χ1) is 8.69. The lowest BCUT2D eigenvalue weighted by atomic mass is 10.2. The molecule has 0 aliphatic heterocycles. The summed E-state index contributed by atoms with van der Waals surface area (Å²) in [6.07, 6.45) is 1.78. The molecule has 7 nitrogen and oxygen atoms in total. The summed E-state index contributed by atoms with van der Waals surface area (Å²) in [5, 5.41) is 3.14. The molecule has 1 aromatic rings. The van der Waals surface area contributed by atoms with E-state index in [2.05, 4.69) is 27.2 Å². The summed E-state index contributed by atoms with van der Waals surface area (Å²) in [5.41, 5.74) is 5.61. The van der Waals surface area contributed by atoms with E-state index in [4.69, 9.17) is 15.2 Å². The van der Waals surface area contributed by atoms with Crippen LogP contribution in [-0.4, -0.2) is 41.3 Å². The summed E-state index contributed by atoms with van der Waals surface area (Å²) in [5.74, 6) is 0.559. The second-order valence-corrected chi connectivity index (χ2v) is 3.85. The number of aromatic nitrogens is 3. The molecule has 0 fully saturated rings. The van der Waals surface area contributed by atoms with Crippen LogP contribution < -0.4 is 15.8 Å². The minimum absolute atomic E-state index is 0.135. The maximum atomic E-state index is 5.61. The molecule has 7 heteroatoms. The molecular formula is C11H21N5O2. The lowest BCUT2D eigenvalue weighted by Gasteiger charge is -2.16. The molecule has 1 atom stereocenters. The van der Waals surface area contributed by atoms with Crippen LogP contribution in [0.5, 0.6) is 6.01 Å². The van der Waals surface area contributed by atoms with Crippen LogP contribution in [0.25, 0.3) is 0 Å². The molecule has 0 saturated carbocycles. The van der Waals surface area contributed by atoms with Crippen molar-refractivity contribution in [3.05, 3.63) is 0 Å². The average Bonchev–Trinajstić information content (AvgIpc) is 2.35. The Kier molecular flexibility index (Phi) is 6.13. The molecular weight excluding hydrogens is 234 g/mol. The monoisotopic (exact) mass is 255 g/mol. The lowest BCUT2D eigenvalue weighted by Crippen LogP contribution is -2.25. The predicted octanol–water partition coefficient (Wildman–Crippen LogP) is 1.08. The number of rotatable bonds is 8. The molecule has 18 heavy (non-hydrogen) atoms. The number of methoxy groups -OCH3 is 1.